The molecule has 0 aliphatic rings. The third kappa shape index (κ3) is 5.19. The predicted octanol–water partition coefficient (Wildman–Crippen LogP) is 6.26. The highest BCUT2D eigenvalue weighted by molar-refractivity contribution is 4.97. The first-order valence-corrected chi connectivity index (χ1v) is 6.89. The highest BCUT2D eigenvalue weighted by atomic mass is 19.4. The Morgan fingerprint density at radius 1 is 0.355 bits per heavy atom. The molecule has 0 unspecified atom stereocenters. The van der Waals surface area contributed by atoms with Gasteiger partial charge in [0.1, 0.15) is 0 Å². The lowest BCUT2D eigenvalue weighted by molar-refractivity contribution is -0.448. The second-order valence-corrected chi connectivity index (χ2v) is 5.38. The number of halogens is 18. The zero-order valence-corrected chi connectivity index (χ0v) is 13.7. The molecule has 0 amide bonds. The van der Waals surface area contributed by atoms with Crippen LogP contribution in [0.1, 0.15) is 6.42 Å². The van der Waals surface area contributed by atoms with Gasteiger partial charge in [-0.25, -0.2) is 0 Å². The molecule has 31 heavy (non-hydrogen) atoms. The van der Waals surface area contributed by atoms with Gasteiger partial charge in [0.15, 0.2) is 0 Å². The maximum Gasteiger partial charge on any atom is 0.460 e. The number of hydrogen-bond donors (Lipinski definition) is 0. The fourth-order valence-electron chi connectivity index (χ4n) is 1.36. The van der Waals surface area contributed by atoms with Gasteiger partial charge in [-0.3, -0.25) is 0 Å². The number of rotatable bonds is 10. The van der Waals surface area contributed by atoms with Crippen molar-refractivity contribution in [2.45, 2.75) is 54.7 Å². The van der Waals surface area contributed by atoms with E-state index in [1.54, 1.807) is 0 Å². The van der Waals surface area contributed by atoms with E-state index in [0.29, 0.717) is 0 Å². The zero-order valence-electron chi connectivity index (χ0n) is 13.7. The average molecular weight is 512 g/mol. The standard InChI is InChI=1S/C11H6F18O2/c12-4(13,8(20,21)22)6(16,17)10(26,27)30-2-1-3-31-11(28,29)7(18,19)5(14,15)9(23,24)25/h1-3H2. The molecule has 0 aromatic rings. The molecule has 0 heterocycles. The van der Waals surface area contributed by atoms with Gasteiger partial charge in [0.2, 0.25) is 0 Å². The van der Waals surface area contributed by atoms with Crippen LogP contribution in [0.4, 0.5) is 79.0 Å². The normalized spacial score (nSPS) is 16.1. The molecule has 0 saturated carbocycles. The quantitative estimate of drug-likeness (QED) is 0.254. The highest BCUT2D eigenvalue weighted by Crippen LogP contribution is 2.54. The first-order valence-electron chi connectivity index (χ1n) is 6.89. The number of hydrogen-bond acceptors (Lipinski definition) is 2. The van der Waals surface area contributed by atoms with E-state index in [-0.39, 0.29) is 0 Å². The minimum Gasteiger partial charge on any atom is -0.315 e. The van der Waals surface area contributed by atoms with Crippen LogP contribution in [0.25, 0.3) is 0 Å². The van der Waals surface area contributed by atoms with Crippen LogP contribution in [0, 0.1) is 0 Å². The van der Waals surface area contributed by atoms with Crippen molar-refractivity contribution < 1.29 is 88.5 Å². The van der Waals surface area contributed by atoms with Gasteiger partial charge in [0.05, 0.1) is 13.2 Å². The smallest absolute Gasteiger partial charge is 0.315 e. The van der Waals surface area contributed by atoms with Gasteiger partial charge in [-0.15, -0.1) is 0 Å². The molecule has 188 valence electrons. The molecule has 0 aromatic heterocycles. The molecule has 0 atom stereocenters. The molecule has 0 rings (SSSR count). The largest absolute Gasteiger partial charge is 0.460 e. The molecular weight excluding hydrogens is 506 g/mol. The van der Waals surface area contributed by atoms with E-state index in [0.717, 1.165) is 0 Å². The Morgan fingerprint density at radius 2 is 0.581 bits per heavy atom. The fraction of sp³-hybridized carbons (Fsp3) is 1.00. The Hall–Kier alpha value is -1.34. The van der Waals surface area contributed by atoms with Crippen LogP contribution in [-0.2, 0) is 9.47 Å². The summed E-state index contributed by atoms with van der Waals surface area (Å²) < 4.78 is 229. The summed E-state index contributed by atoms with van der Waals surface area (Å²) in [4.78, 5) is 0. The SMILES string of the molecule is FC(F)(F)C(F)(F)C(F)(F)C(F)(F)OCCCOC(F)(F)C(F)(F)C(F)(F)C(F)(F)F. The van der Waals surface area contributed by atoms with Gasteiger partial charge in [0, 0.05) is 0 Å². The summed E-state index contributed by atoms with van der Waals surface area (Å²) in [5.74, 6) is -29.3. The van der Waals surface area contributed by atoms with Crippen molar-refractivity contribution in [1.82, 2.24) is 0 Å². The van der Waals surface area contributed by atoms with Crippen LogP contribution in [0.5, 0.6) is 0 Å². The summed E-state index contributed by atoms with van der Waals surface area (Å²) in [6.07, 6.45) is -29.5. The van der Waals surface area contributed by atoms with E-state index < -0.39 is 67.9 Å². The van der Waals surface area contributed by atoms with Crippen LogP contribution in [-0.4, -0.2) is 61.5 Å². The van der Waals surface area contributed by atoms with Gasteiger partial charge in [0.25, 0.3) is 0 Å². The van der Waals surface area contributed by atoms with Crippen LogP contribution in [0.3, 0.4) is 0 Å². The Balaban J connectivity index is 5.10. The fourth-order valence-corrected chi connectivity index (χ4v) is 1.36. The van der Waals surface area contributed by atoms with Gasteiger partial charge in [-0.05, 0) is 6.42 Å². The van der Waals surface area contributed by atoms with Crippen molar-refractivity contribution in [3.8, 4) is 0 Å². The second-order valence-electron chi connectivity index (χ2n) is 5.38. The van der Waals surface area contributed by atoms with Crippen molar-refractivity contribution in [2.75, 3.05) is 13.2 Å². The summed E-state index contributed by atoms with van der Waals surface area (Å²) >= 11 is 0. The van der Waals surface area contributed by atoms with Crippen molar-refractivity contribution in [3.63, 3.8) is 0 Å². The highest BCUT2D eigenvalue weighted by Gasteiger charge is 2.84. The Kier molecular flexibility index (Phi) is 7.86. The van der Waals surface area contributed by atoms with Gasteiger partial charge in [-0.2, -0.15) is 79.0 Å². The predicted molar refractivity (Wildman–Crippen MR) is 58.3 cm³/mol. The molecule has 0 saturated heterocycles. The van der Waals surface area contributed by atoms with Gasteiger partial charge < -0.3 is 9.47 Å². The van der Waals surface area contributed by atoms with Crippen LogP contribution >= 0.6 is 0 Å². The van der Waals surface area contributed by atoms with E-state index >= 15 is 0 Å². The average Bonchev–Trinajstić information content (AvgIpc) is 2.51. The first kappa shape index (κ1) is 29.7. The van der Waals surface area contributed by atoms with Gasteiger partial charge >= 0.3 is 48.3 Å². The van der Waals surface area contributed by atoms with Crippen LogP contribution in [0.2, 0.25) is 0 Å². The summed E-state index contributed by atoms with van der Waals surface area (Å²) in [5.41, 5.74) is 0. The monoisotopic (exact) mass is 512 g/mol. The maximum absolute atomic E-state index is 12.9. The summed E-state index contributed by atoms with van der Waals surface area (Å²) in [5, 5.41) is 0. The minimum absolute atomic E-state index is 1.77. The van der Waals surface area contributed by atoms with E-state index in [2.05, 4.69) is 9.47 Å². The Morgan fingerprint density at radius 3 is 0.774 bits per heavy atom. The third-order valence-corrected chi connectivity index (χ3v) is 3.09. The van der Waals surface area contributed by atoms with E-state index in [1.807, 2.05) is 0 Å². The van der Waals surface area contributed by atoms with Crippen molar-refractivity contribution in [2.24, 2.45) is 0 Å². The molecule has 0 bridgehead atoms. The maximum atomic E-state index is 12.9. The van der Waals surface area contributed by atoms with Crippen LogP contribution < -0.4 is 0 Å². The third-order valence-electron chi connectivity index (χ3n) is 3.09. The summed E-state index contributed by atoms with van der Waals surface area (Å²) in [6, 6.07) is 0. The molecular formula is C11H6F18O2. The Labute approximate surface area is 158 Å². The lowest BCUT2D eigenvalue weighted by Crippen LogP contribution is -2.62. The molecule has 0 radical (unpaired) electrons. The lowest BCUT2D eigenvalue weighted by atomic mass is 10.1. The van der Waals surface area contributed by atoms with Gasteiger partial charge in [-0.1, -0.05) is 0 Å². The molecule has 20 heteroatoms. The minimum atomic E-state index is -7.38. The zero-order chi connectivity index (χ0) is 25.5. The second kappa shape index (κ2) is 8.22. The van der Waals surface area contributed by atoms with Crippen LogP contribution in [0.15, 0.2) is 0 Å². The molecule has 0 fully saturated rings. The first-order chi connectivity index (χ1) is 13.2. The molecule has 0 aliphatic heterocycles. The van der Waals surface area contributed by atoms with Crippen molar-refractivity contribution >= 4 is 0 Å². The molecule has 0 spiro atoms. The molecule has 0 aromatic carbocycles. The summed E-state index contributed by atoms with van der Waals surface area (Å²) in [7, 11) is 0. The molecule has 2 nitrogen and oxygen atoms in total. The number of alkyl halides is 18. The van der Waals surface area contributed by atoms with Crippen molar-refractivity contribution in [3.05, 3.63) is 0 Å². The van der Waals surface area contributed by atoms with Crippen molar-refractivity contribution in [1.29, 1.82) is 0 Å². The summed E-state index contributed by atoms with van der Waals surface area (Å²) in [6.45, 7) is -4.40. The van der Waals surface area contributed by atoms with E-state index in [9.17, 15) is 79.0 Å². The van der Waals surface area contributed by atoms with E-state index in [1.165, 1.54) is 0 Å². The Bertz CT molecular complexity index is 551. The number of ether oxygens (including phenoxy) is 2. The topological polar surface area (TPSA) is 18.5 Å². The van der Waals surface area contributed by atoms with E-state index in [4.69, 9.17) is 0 Å². The lowest BCUT2D eigenvalue weighted by Gasteiger charge is -2.33. The molecule has 0 N–H and O–H groups in total. The molecule has 0 aliphatic carbocycles.